The van der Waals surface area contributed by atoms with E-state index in [1.165, 1.54) is 36.9 Å². The molecule has 1 atom stereocenters. The fourth-order valence-corrected chi connectivity index (χ4v) is 11.2. The minimum Gasteiger partial charge on any atom is -0.496 e. The van der Waals surface area contributed by atoms with Gasteiger partial charge in [0.1, 0.15) is 22.6 Å². The van der Waals surface area contributed by atoms with Crippen molar-refractivity contribution in [3.63, 3.8) is 0 Å². The van der Waals surface area contributed by atoms with E-state index in [-0.39, 0.29) is 29.3 Å². The number of carbonyl (C=O) groups excluding carboxylic acids is 1. The van der Waals surface area contributed by atoms with E-state index in [1.807, 2.05) is 12.1 Å². The van der Waals surface area contributed by atoms with E-state index in [0.29, 0.717) is 35.4 Å². The van der Waals surface area contributed by atoms with Crippen LogP contribution in [0, 0.1) is 5.82 Å². The number of amides is 1. The highest BCUT2D eigenvalue weighted by Crippen LogP contribution is 2.37. The first-order valence-corrected chi connectivity index (χ1v) is 19.0. The maximum Gasteiger partial charge on any atom is 0.413 e. The second-order valence-electron chi connectivity index (χ2n) is 13.4. The molecule has 2 aromatic heterocycles. The number of ether oxygens (including phenoxy) is 2. The molecule has 12 nitrogen and oxygen atoms in total. The summed E-state index contributed by atoms with van der Waals surface area (Å²) in [5.41, 5.74) is 0.795. The number of nitrogens with zero attached hydrogens (tertiary/aromatic N) is 4. The summed E-state index contributed by atoms with van der Waals surface area (Å²) >= 11 is 0. The van der Waals surface area contributed by atoms with Crippen molar-refractivity contribution in [2.45, 2.75) is 64.6 Å². The molecule has 274 valence electrons. The standard InChI is InChI=1S/C38H45FN6O6Si/c1-7-14-26(19-20-51-52(38(2,3)4,27-15-10-8-11-16-27)28-17-12-9-13-18-28)41-34-33-31(42-36(43-34)44-37(48)50-6)23-40-45(33)24-25-21-29(35(46)47)30(39)22-32(25)49-5/h8-13,15-18,21-23,26H,7,14,19-20,24H2,1-6H3,(H,46,47)(H2,41,42,43,44,48)/t26-/m0/s1. The van der Waals surface area contributed by atoms with Crippen LogP contribution in [-0.2, 0) is 15.7 Å². The van der Waals surface area contributed by atoms with E-state index in [2.05, 4.69) is 102 Å². The lowest BCUT2D eigenvalue weighted by Gasteiger charge is -2.43. The number of nitrogens with one attached hydrogen (secondary N) is 2. The zero-order chi connectivity index (χ0) is 37.5. The summed E-state index contributed by atoms with van der Waals surface area (Å²) in [6, 6.07) is 23.1. The summed E-state index contributed by atoms with van der Waals surface area (Å²) in [5.74, 6) is -1.76. The van der Waals surface area contributed by atoms with Crippen molar-refractivity contribution in [2.24, 2.45) is 0 Å². The van der Waals surface area contributed by atoms with Gasteiger partial charge >= 0.3 is 12.1 Å². The lowest BCUT2D eigenvalue weighted by atomic mass is 10.1. The molecule has 0 saturated carbocycles. The van der Waals surface area contributed by atoms with Crippen LogP contribution < -0.4 is 25.7 Å². The predicted octanol–water partition coefficient (Wildman–Crippen LogP) is 6.45. The molecule has 0 bridgehead atoms. The number of hydrogen-bond donors (Lipinski definition) is 3. The van der Waals surface area contributed by atoms with E-state index in [0.717, 1.165) is 18.9 Å². The fraction of sp³-hybridized carbons (Fsp3) is 0.342. The number of hydrogen-bond acceptors (Lipinski definition) is 9. The van der Waals surface area contributed by atoms with Crippen molar-refractivity contribution < 1.29 is 33.0 Å². The Morgan fingerprint density at radius 2 is 1.63 bits per heavy atom. The molecule has 3 aromatic carbocycles. The zero-order valence-electron chi connectivity index (χ0n) is 30.3. The van der Waals surface area contributed by atoms with Gasteiger partial charge < -0.3 is 24.3 Å². The fourth-order valence-electron chi connectivity index (χ4n) is 6.60. The van der Waals surface area contributed by atoms with Gasteiger partial charge in [-0.25, -0.2) is 19.0 Å². The molecule has 0 radical (unpaired) electrons. The van der Waals surface area contributed by atoms with Crippen LogP contribution in [0.15, 0.2) is 79.0 Å². The third-order valence-corrected chi connectivity index (χ3v) is 14.0. The van der Waals surface area contributed by atoms with Gasteiger partial charge in [-0.15, -0.1) is 0 Å². The molecular weight excluding hydrogens is 684 g/mol. The summed E-state index contributed by atoms with van der Waals surface area (Å²) in [6.07, 6.45) is 3.05. The summed E-state index contributed by atoms with van der Waals surface area (Å²) < 4.78 is 33.5. The van der Waals surface area contributed by atoms with Crippen LogP contribution in [0.2, 0.25) is 5.04 Å². The van der Waals surface area contributed by atoms with Gasteiger partial charge in [0.25, 0.3) is 8.32 Å². The number of aromatic carboxylic acids is 1. The Hall–Kier alpha value is -5.34. The van der Waals surface area contributed by atoms with Gasteiger partial charge in [0, 0.05) is 24.3 Å². The quantitative estimate of drug-likeness (QED) is 0.103. The monoisotopic (exact) mass is 728 g/mol. The van der Waals surface area contributed by atoms with Crippen LogP contribution in [0.1, 0.15) is 62.9 Å². The van der Waals surface area contributed by atoms with Crippen molar-refractivity contribution in [3.8, 4) is 5.75 Å². The van der Waals surface area contributed by atoms with Crippen LogP contribution >= 0.6 is 0 Å². The highest BCUT2D eigenvalue weighted by Gasteiger charge is 2.50. The lowest BCUT2D eigenvalue weighted by Crippen LogP contribution is -2.66. The third-order valence-electron chi connectivity index (χ3n) is 8.99. The zero-order valence-corrected chi connectivity index (χ0v) is 31.3. The number of methoxy groups -OCH3 is 2. The lowest BCUT2D eigenvalue weighted by molar-refractivity contribution is 0.0691. The van der Waals surface area contributed by atoms with Crippen molar-refractivity contribution in [1.29, 1.82) is 0 Å². The Labute approximate surface area is 303 Å². The summed E-state index contributed by atoms with van der Waals surface area (Å²) in [4.78, 5) is 33.1. The molecule has 14 heteroatoms. The van der Waals surface area contributed by atoms with E-state index >= 15 is 0 Å². The molecule has 0 aliphatic heterocycles. The first kappa shape index (κ1) is 37.9. The number of carboxylic acids is 1. The van der Waals surface area contributed by atoms with E-state index in [1.54, 1.807) is 4.68 Å². The first-order chi connectivity index (χ1) is 24.9. The number of fused-ring (bicyclic) bond motifs is 1. The maximum absolute atomic E-state index is 14.5. The molecule has 0 spiro atoms. The number of anilines is 2. The van der Waals surface area contributed by atoms with Gasteiger partial charge in [-0.05, 0) is 34.3 Å². The van der Waals surface area contributed by atoms with Crippen LogP contribution in [0.5, 0.6) is 5.75 Å². The Morgan fingerprint density at radius 3 is 2.19 bits per heavy atom. The number of rotatable bonds is 15. The second kappa shape index (κ2) is 16.3. The van der Waals surface area contributed by atoms with Gasteiger partial charge in [-0.2, -0.15) is 10.1 Å². The van der Waals surface area contributed by atoms with Gasteiger partial charge in [0.2, 0.25) is 5.95 Å². The number of benzene rings is 3. The molecule has 0 aliphatic rings. The molecule has 5 aromatic rings. The molecular formula is C38H45FN6O6Si. The van der Waals surface area contributed by atoms with Crippen molar-refractivity contribution in [1.82, 2.24) is 19.7 Å². The molecule has 0 unspecified atom stereocenters. The van der Waals surface area contributed by atoms with Gasteiger partial charge in [0.15, 0.2) is 5.82 Å². The van der Waals surface area contributed by atoms with Crippen LogP contribution in [0.4, 0.5) is 21.0 Å². The van der Waals surface area contributed by atoms with Gasteiger partial charge in [0.05, 0.1) is 32.5 Å². The normalized spacial score (nSPS) is 12.4. The molecule has 0 fully saturated rings. The molecule has 3 N–H and O–H groups in total. The Kier molecular flexibility index (Phi) is 11.9. The Balaban J connectivity index is 1.51. The van der Waals surface area contributed by atoms with Crippen LogP contribution in [0.25, 0.3) is 11.0 Å². The van der Waals surface area contributed by atoms with E-state index < -0.39 is 31.8 Å². The SMILES string of the molecule is CCC[C@@H](CCO[Si](c1ccccc1)(c1ccccc1)C(C)(C)C)Nc1nc(NC(=O)OC)nc2cnn(Cc3cc(C(=O)O)c(F)cc3OC)c12. The summed E-state index contributed by atoms with van der Waals surface area (Å²) in [5, 5.41) is 22.4. The molecule has 1 amide bonds. The first-order valence-electron chi connectivity index (χ1n) is 17.1. The van der Waals surface area contributed by atoms with Crippen LogP contribution in [0.3, 0.4) is 0 Å². The largest absolute Gasteiger partial charge is 0.496 e. The van der Waals surface area contributed by atoms with Gasteiger partial charge in [-0.1, -0.05) is 94.8 Å². The Bertz CT molecular complexity index is 1970. The molecule has 0 aliphatic carbocycles. The molecule has 5 rings (SSSR count). The summed E-state index contributed by atoms with van der Waals surface area (Å²) in [6.45, 7) is 9.30. The second-order valence-corrected chi connectivity index (χ2v) is 17.7. The number of halogens is 1. The van der Waals surface area contributed by atoms with Crippen molar-refractivity contribution >= 4 is 53.6 Å². The average molecular weight is 729 g/mol. The predicted molar refractivity (Wildman–Crippen MR) is 201 cm³/mol. The average Bonchev–Trinajstić information content (AvgIpc) is 3.53. The highest BCUT2D eigenvalue weighted by molar-refractivity contribution is 6.99. The van der Waals surface area contributed by atoms with Crippen molar-refractivity contribution in [3.05, 3.63) is 95.9 Å². The number of aromatic nitrogens is 4. The van der Waals surface area contributed by atoms with E-state index in [9.17, 15) is 19.1 Å². The van der Waals surface area contributed by atoms with Gasteiger partial charge in [-0.3, -0.25) is 10.00 Å². The van der Waals surface area contributed by atoms with Crippen LogP contribution in [-0.4, -0.2) is 72.1 Å². The maximum atomic E-state index is 14.5. The molecule has 52 heavy (non-hydrogen) atoms. The highest BCUT2D eigenvalue weighted by atomic mass is 28.4. The smallest absolute Gasteiger partial charge is 0.413 e. The third kappa shape index (κ3) is 8.08. The molecule has 0 saturated heterocycles. The minimum atomic E-state index is -2.78. The molecule has 2 heterocycles. The topological polar surface area (TPSA) is 150 Å². The number of carboxylic acid groups (broad SMARTS) is 1. The van der Waals surface area contributed by atoms with E-state index in [4.69, 9.17) is 13.9 Å². The summed E-state index contributed by atoms with van der Waals surface area (Å²) in [7, 11) is -0.157. The number of carbonyl (C=O) groups is 2. The van der Waals surface area contributed by atoms with Crippen molar-refractivity contribution in [2.75, 3.05) is 31.5 Å². The minimum absolute atomic E-state index is 0.00716. The Morgan fingerprint density at radius 1 is 0.981 bits per heavy atom.